The molecule has 2 aliphatic rings. The van der Waals surface area contributed by atoms with E-state index in [2.05, 4.69) is 143 Å². The SMILES string of the molecule is [Co][C]1=CC=CC1.c1ccc(C2=C(c3ccccc3)C(c3ccccc3)=C2c2ccccc2)cc1. The molecule has 0 bridgehead atoms. The van der Waals surface area contributed by atoms with Gasteiger partial charge in [0.2, 0.25) is 0 Å². The van der Waals surface area contributed by atoms with Gasteiger partial charge in [0.15, 0.2) is 0 Å². The Balaban J connectivity index is 0.000000351. The third kappa shape index (κ3) is 4.67. The first-order valence-electron chi connectivity index (χ1n) is 11.5. The van der Waals surface area contributed by atoms with E-state index >= 15 is 0 Å². The third-order valence-electron chi connectivity index (χ3n) is 5.96. The fourth-order valence-electron chi connectivity index (χ4n) is 4.42. The molecule has 0 amide bonds. The maximum Gasteiger partial charge on any atom is -0.00139 e. The van der Waals surface area contributed by atoms with Gasteiger partial charge in [-0.2, -0.15) is 0 Å². The van der Waals surface area contributed by atoms with Crippen molar-refractivity contribution >= 4 is 22.3 Å². The molecule has 0 unspecified atom stereocenters. The van der Waals surface area contributed by atoms with E-state index in [1.165, 1.54) is 44.5 Å². The molecule has 2 aliphatic carbocycles. The summed E-state index contributed by atoms with van der Waals surface area (Å²) in [5.41, 5.74) is 10.4. The van der Waals surface area contributed by atoms with Crippen molar-refractivity contribution in [3.8, 4) is 0 Å². The minimum Gasteiger partial charge on any atom is -0.0622 e. The summed E-state index contributed by atoms with van der Waals surface area (Å²) in [6.45, 7) is 0. The molecule has 0 aromatic heterocycles. The molecule has 0 nitrogen and oxygen atoms in total. The largest absolute Gasteiger partial charge is 0.0622 e. The minimum atomic E-state index is 1.03. The van der Waals surface area contributed by atoms with Crippen LogP contribution >= 0.6 is 0 Å². The Morgan fingerprint density at radius 2 is 0.706 bits per heavy atom. The van der Waals surface area contributed by atoms with E-state index in [0.29, 0.717) is 0 Å². The predicted molar refractivity (Wildman–Crippen MR) is 141 cm³/mol. The Morgan fingerprint density at radius 3 is 0.882 bits per heavy atom. The minimum absolute atomic E-state index is 1.03. The van der Waals surface area contributed by atoms with Crippen LogP contribution in [0.15, 0.2) is 144 Å². The molecule has 1 heteroatoms. The van der Waals surface area contributed by atoms with Gasteiger partial charge in [0, 0.05) is 0 Å². The molecule has 4 aromatic carbocycles. The van der Waals surface area contributed by atoms with Crippen molar-refractivity contribution in [3.63, 3.8) is 0 Å². The standard InChI is InChI=1S/C28H20.C5H5.Co/c1-5-13-21(14-6-1)25-26(22-15-7-2-8-16-22)28(24-19-11-4-12-20-24)27(25)23-17-9-3-10-18-23;1-2-4-5-3-1;/h1-20H;1-3H,4H2;. The third-order valence-corrected chi connectivity index (χ3v) is 6.35. The number of allylic oxidation sites excluding steroid dienone is 8. The van der Waals surface area contributed by atoms with Crippen LogP contribution < -0.4 is 0 Å². The molecule has 0 radical (unpaired) electrons. The molecule has 0 saturated heterocycles. The zero-order valence-electron chi connectivity index (χ0n) is 18.8. The second kappa shape index (κ2) is 10.5. The van der Waals surface area contributed by atoms with Gasteiger partial charge in [-0.25, -0.2) is 0 Å². The Bertz CT molecular complexity index is 1170. The molecule has 0 N–H and O–H groups in total. The van der Waals surface area contributed by atoms with E-state index in [1.54, 1.807) is 0 Å². The van der Waals surface area contributed by atoms with Crippen molar-refractivity contribution < 1.29 is 15.7 Å². The average molecular weight is 480 g/mol. The van der Waals surface area contributed by atoms with Crippen molar-refractivity contribution in [2.45, 2.75) is 6.42 Å². The van der Waals surface area contributed by atoms with Crippen LogP contribution in [0.3, 0.4) is 0 Å². The summed E-state index contributed by atoms with van der Waals surface area (Å²) in [4.78, 5) is 0. The molecule has 34 heavy (non-hydrogen) atoms. The first-order chi connectivity index (χ1) is 16.8. The van der Waals surface area contributed by atoms with Gasteiger partial charge < -0.3 is 0 Å². The summed E-state index contributed by atoms with van der Waals surface area (Å²) in [6, 6.07) is 43.0. The monoisotopic (exact) mass is 480 g/mol. The van der Waals surface area contributed by atoms with E-state index in [9.17, 15) is 0 Å². The second-order valence-electron chi connectivity index (χ2n) is 8.18. The van der Waals surface area contributed by atoms with Crippen LogP contribution in [0.25, 0.3) is 22.3 Å². The van der Waals surface area contributed by atoms with Gasteiger partial charge in [-0.05, 0) is 44.5 Å². The van der Waals surface area contributed by atoms with Gasteiger partial charge in [0.05, 0.1) is 0 Å². The van der Waals surface area contributed by atoms with Crippen LogP contribution in [0, 0.1) is 0 Å². The topological polar surface area (TPSA) is 0 Å². The molecule has 6 rings (SSSR count). The van der Waals surface area contributed by atoms with Crippen molar-refractivity contribution in [3.05, 3.63) is 166 Å². The molecule has 0 aliphatic heterocycles. The van der Waals surface area contributed by atoms with Crippen LogP contribution in [0.4, 0.5) is 0 Å². The van der Waals surface area contributed by atoms with Gasteiger partial charge in [-0.3, -0.25) is 0 Å². The number of hydrogen-bond acceptors (Lipinski definition) is 0. The molecule has 166 valence electrons. The van der Waals surface area contributed by atoms with Gasteiger partial charge >= 0.3 is 44.9 Å². The van der Waals surface area contributed by atoms with Crippen LogP contribution in [0.1, 0.15) is 28.7 Å². The van der Waals surface area contributed by atoms with Gasteiger partial charge in [0.25, 0.3) is 0 Å². The summed E-state index contributed by atoms with van der Waals surface area (Å²) in [5.74, 6) is 0. The summed E-state index contributed by atoms with van der Waals surface area (Å²) in [6.07, 6.45) is 7.13. The first-order valence-corrected chi connectivity index (χ1v) is 12.0. The summed E-state index contributed by atoms with van der Waals surface area (Å²) < 4.78 is 1.16. The smallest absolute Gasteiger partial charge is 0.00139 e. The zero-order chi connectivity index (χ0) is 23.2. The van der Waals surface area contributed by atoms with Crippen LogP contribution in [-0.2, 0) is 15.7 Å². The Hall–Kier alpha value is -3.65. The molecule has 0 saturated carbocycles. The van der Waals surface area contributed by atoms with E-state index < -0.39 is 0 Å². The Morgan fingerprint density at radius 1 is 0.412 bits per heavy atom. The number of hydrogen-bond donors (Lipinski definition) is 0. The Kier molecular flexibility index (Phi) is 6.85. The molecular formula is C33H25Co. The number of benzene rings is 4. The van der Waals surface area contributed by atoms with E-state index in [-0.39, 0.29) is 0 Å². The van der Waals surface area contributed by atoms with Gasteiger partial charge in [-0.1, -0.05) is 121 Å². The normalized spacial score (nSPS) is 14.4. The van der Waals surface area contributed by atoms with Crippen molar-refractivity contribution in [1.82, 2.24) is 0 Å². The second-order valence-corrected chi connectivity index (χ2v) is 8.85. The van der Waals surface area contributed by atoms with Crippen LogP contribution in [0.2, 0.25) is 0 Å². The Labute approximate surface area is 210 Å². The zero-order valence-corrected chi connectivity index (χ0v) is 19.9. The van der Waals surface area contributed by atoms with Crippen molar-refractivity contribution in [1.29, 1.82) is 0 Å². The first kappa shape index (κ1) is 22.2. The fourth-order valence-corrected chi connectivity index (χ4v) is 4.65. The van der Waals surface area contributed by atoms with Crippen LogP contribution in [0.5, 0.6) is 0 Å². The van der Waals surface area contributed by atoms with E-state index in [1.807, 2.05) is 12.2 Å². The molecule has 0 fully saturated rings. The quantitative estimate of drug-likeness (QED) is 0.274. The predicted octanol–water partition coefficient (Wildman–Crippen LogP) is 8.60. The van der Waals surface area contributed by atoms with Crippen molar-refractivity contribution in [2.75, 3.05) is 0 Å². The van der Waals surface area contributed by atoms with Crippen LogP contribution in [-0.4, -0.2) is 0 Å². The van der Waals surface area contributed by atoms with Crippen molar-refractivity contribution in [2.24, 2.45) is 0 Å². The summed E-state index contributed by atoms with van der Waals surface area (Å²) >= 11 is 4.14. The van der Waals surface area contributed by atoms with Gasteiger partial charge in [0.1, 0.15) is 0 Å². The van der Waals surface area contributed by atoms with E-state index in [4.69, 9.17) is 0 Å². The maximum atomic E-state index is 4.14. The molecule has 0 spiro atoms. The molecule has 0 heterocycles. The fraction of sp³-hybridized carbons (Fsp3) is 0.0303. The van der Waals surface area contributed by atoms with E-state index in [0.717, 1.165) is 10.9 Å². The molecular weight excluding hydrogens is 455 g/mol. The molecule has 0 atom stereocenters. The van der Waals surface area contributed by atoms with Gasteiger partial charge in [-0.15, -0.1) is 0 Å². The molecule has 4 aromatic rings. The maximum absolute atomic E-state index is 4.14. The number of rotatable bonds is 4. The summed E-state index contributed by atoms with van der Waals surface area (Å²) in [5, 5.41) is 0. The summed E-state index contributed by atoms with van der Waals surface area (Å²) in [7, 11) is 0. The average Bonchev–Trinajstić information content (AvgIpc) is 3.37.